The van der Waals surface area contributed by atoms with E-state index in [-0.39, 0.29) is 11.4 Å². The highest BCUT2D eigenvalue weighted by molar-refractivity contribution is 7.89. The molecule has 90 valence electrons. The van der Waals surface area contributed by atoms with Crippen molar-refractivity contribution in [3.8, 4) is 0 Å². The van der Waals surface area contributed by atoms with Crippen LogP contribution in [0.4, 0.5) is 0 Å². The fraction of sp³-hybridized carbons (Fsp3) is 0.400. The van der Waals surface area contributed by atoms with E-state index in [0.717, 1.165) is 0 Å². The topological polar surface area (TPSA) is 66.4 Å². The van der Waals surface area contributed by atoms with Crippen LogP contribution in [-0.4, -0.2) is 26.2 Å². The number of sulfonamides is 1. The Labute approximate surface area is 100 Å². The number of aliphatic hydroxyl groups is 1. The van der Waals surface area contributed by atoms with Gasteiger partial charge < -0.3 is 5.11 Å². The van der Waals surface area contributed by atoms with Gasteiger partial charge in [-0.2, -0.15) is 0 Å². The average molecular weight is 264 g/mol. The summed E-state index contributed by atoms with van der Waals surface area (Å²) in [6.07, 6.45) is -0.174. The summed E-state index contributed by atoms with van der Waals surface area (Å²) in [7, 11) is -3.58. The minimum atomic E-state index is -3.58. The summed E-state index contributed by atoms with van der Waals surface area (Å²) in [6.45, 7) is 1.78. The second-order valence-corrected chi connectivity index (χ2v) is 5.57. The van der Waals surface area contributed by atoms with Crippen molar-refractivity contribution in [3.05, 3.63) is 29.3 Å². The van der Waals surface area contributed by atoms with Crippen LogP contribution in [0.5, 0.6) is 0 Å². The van der Waals surface area contributed by atoms with Crippen molar-refractivity contribution in [1.29, 1.82) is 0 Å². The van der Waals surface area contributed by atoms with Gasteiger partial charge in [0.05, 0.1) is 11.0 Å². The third-order valence-corrected chi connectivity index (χ3v) is 3.74. The lowest BCUT2D eigenvalue weighted by Crippen LogP contribution is -2.31. The van der Waals surface area contributed by atoms with Crippen LogP contribution in [0.2, 0.25) is 5.02 Å². The van der Waals surface area contributed by atoms with Crippen LogP contribution in [0.15, 0.2) is 29.2 Å². The highest BCUT2D eigenvalue weighted by atomic mass is 35.5. The first-order valence-corrected chi connectivity index (χ1v) is 6.75. The Bertz CT molecular complexity index is 447. The molecule has 1 unspecified atom stereocenters. The van der Waals surface area contributed by atoms with E-state index in [1.165, 1.54) is 12.1 Å². The van der Waals surface area contributed by atoms with Crippen molar-refractivity contribution in [2.45, 2.75) is 24.3 Å². The monoisotopic (exact) mass is 263 g/mol. The van der Waals surface area contributed by atoms with E-state index in [0.29, 0.717) is 11.4 Å². The zero-order valence-corrected chi connectivity index (χ0v) is 10.4. The molecule has 0 saturated carbocycles. The number of nitrogens with one attached hydrogen (secondary N) is 1. The Kier molecular flexibility index (Phi) is 4.73. The Hall–Kier alpha value is -0.620. The van der Waals surface area contributed by atoms with Gasteiger partial charge in [0, 0.05) is 11.6 Å². The molecule has 16 heavy (non-hydrogen) atoms. The summed E-state index contributed by atoms with van der Waals surface area (Å²) in [4.78, 5) is 0.100. The zero-order chi connectivity index (χ0) is 12.2. The molecule has 0 amide bonds. The van der Waals surface area contributed by atoms with Gasteiger partial charge in [-0.3, -0.25) is 0 Å². The van der Waals surface area contributed by atoms with Gasteiger partial charge in [0.2, 0.25) is 10.0 Å². The van der Waals surface area contributed by atoms with Crippen molar-refractivity contribution in [2.24, 2.45) is 0 Å². The van der Waals surface area contributed by atoms with Crippen LogP contribution in [0, 0.1) is 0 Å². The van der Waals surface area contributed by atoms with E-state index < -0.39 is 16.1 Å². The molecular formula is C10H14ClNO3S. The van der Waals surface area contributed by atoms with Gasteiger partial charge in [0.1, 0.15) is 0 Å². The van der Waals surface area contributed by atoms with Crippen LogP contribution in [0.3, 0.4) is 0 Å². The van der Waals surface area contributed by atoms with Crippen molar-refractivity contribution in [2.75, 3.05) is 6.54 Å². The molecule has 1 aromatic rings. The van der Waals surface area contributed by atoms with Gasteiger partial charge in [-0.15, -0.1) is 0 Å². The highest BCUT2D eigenvalue weighted by Gasteiger charge is 2.15. The Morgan fingerprint density at radius 2 is 2.19 bits per heavy atom. The number of hydrogen-bond acceptors (Lipinski definition) is 3. The zero-order valence-electron chi connectivity index (χ0n) is 8.85. The minimum Gasteiger partial charge on any atom is -0.392 e. The maximum Gasteiger partial charge on any atom is 0.240 e. The molecule has 0 saturated heterocycles. The molecule has 2 N–H and O–H groups in total. The molecule has 1 rings (SSSR count). The number of aliphatic hydroxyl groups excluding tert-OH is 1. The van der Waals surface area contributed by atoms with E-state index in [1.807, 2.05) is 0 Å². The Morgan fingerprint density at radius 3 is 2.75 bits per heavy atom. The van der Waals surface area contributed by atoms with Crippen molar-refractivity contribution >= 4 is 21.6 Å². The molecule has 0 aliphatic carbocycles. The van der Waals surface area contributed by atoms with Gasteiger partial charge in [-0.25, -0.2) is 13.1 Å². The molecule has 0 aromatic heterocycles. The molecular weight excluding hydrogens is 250 g/mol. The quantitative estimate of drug-likeness (QED) is 0.844. The van der Waals surface area contributed by atoms with Gasteiger partial charge in [0.15, 0.2) is 0 Å². The summed E-state index contributed by atoms with van der Waals surface area (Å²) in [5, 5.41) is 9.63. The minimum absolute atomic E-state index is 0.00530. The molecule has 1 atom stereocenters. The molecule has 0 radical (unpaired) electrons. The molecule has 0 aliphatic heterocycles. The third kappa shape index (κ3) is 3.75. The predicted molar refractivity (Wildman–Crippen MR) is 62.9 cm³/mol. The summed E-state index contributed by atoms with van der Waals surface area (Å²) in [6, 6.07) is 5.98. The molecule has 6 heteroatoms. The number of halogens is 1. The molecule has 0 spiro atoms. The largest absolute Gasteiger partial charge is 0.392 e. The van der Waals surface area contributed by atoms with Crippen LogP contribution >= 0.6 is 11.6 Å². The number of benzene rings is 1. The molecule has 1 aromatic carbocycles. The van der Waals surface area contributed by atoms with Gasteiger partial charge in [-0.05, 0) is 24.6 Å². The SMILES string of the molecule is CCC(O)CNS(=O)(=O)c1cccc(Cl)c1. The van der Waals surface area contributed by atoms with Crippen molar-refractivity contribution in [1.82, 2.24) is 4.72 Å². The molecule has 0 fully saturated rings. The first kappa shape index (κ1) is 13.4. The van der Waals surface area contributed by atoms with Gasteiger partial charge >= 0.3 is 0 Å². The second-order valence-electron chi connectivity index (χ2n) is 3.37. The summed E-state index contributed by atoms with van der Waals surface area (Å²) in [5.74, 6) is 0. The first-order valence-electron chi connectivity index (χ1n) is 4.89. The summed E-state index contributed by atoms with van der Waals surface area (Å²) < 4.78 is 25.8. The smallest absolute Gasteiger partial charge is 0.240 e. The molecule has 4 nitrogen and oxygen atoms in total. The molecule has 0 bridgehead atoms. The molecule has 0 heterocycles. The second kappa shape index (κ2) is 5.63. The van der Waals surface area contributed by atoms with Crippen LogP contribution in [0.1, 0.15) is 13.3 Å². The van der Waals surface area contributed by atoms with E-state index in [1.54, 1.807) is 19.1 Å². The summed E-state index contributed by atoms with van der Waals surface area (Å²) in [5.41, 5.74) is 0. The maximum atomic E-state index is 11.7. The van der Waals surface area contributed by atoms with E-state index in [4.69, 9.17) is 11.6 Å². The van der Waals surface area contributed by atoms with Crippen LogP contribution in [0.25, 0.3) is 0 Å². The lowest BCUT2D eigenvalue weighted by molar-refractivity contribution is 0.174. The maximum absolute atomic E-state index is 11.7. The number of hydrogen-bond donors (Lipinski definition) is 2. The Morgan fingerprint density at radius 1 is 1.50 bits per heavy atom. The van der Waals surface area contributed by atoms with Crippen molar-refractivity contribution in [3.63, 3.8) is 0 Å². The number of rotatable bonds is 5. The van der Waals surface area contributed by atoms with Gasteiger partial charge in [-0.1, -0.05) is 24.6 Å². The standard InChI is InChI=1S/C10H14ClNO3S/c1-2-9(13)7-12-16(14,15)10-5-3-4-8(11)6-10/h3-6,9,12-13H,2,7H2,1H3. The lowest BCUT2D eigenvalue weighted by atomic mass is 10.3. The first-order chi connectivity index (χ1) is 7.45. The van der Waals surface area contributed by atoms with Crippen molar-refractivity contribution < 1.29 is 13.5 Å². The Balaban J connectivity index is 2.78. The van der Waals surface area contributed by atoms with Gasteiger partial charge in [0.25, 0.3) is 0 Å². The normalized spacial score (nSPS) is 13.7. The highest BCUT2D eigenvalue weighted by Crippen LogP contribution is 2.15. The predicted octanol–water partition coefficient (Wildman–Crippen LogP) is 1.39. The lowest BCUT2D eigenvalue weighted by Gasteiger charge is -2.10. The fourth-order valence-corrected chi connectivity index (χ4v) is 2.44. The molecule has 0 aliphatic rings. The summed E-state index contributed by atoms with van der Waals surface area (Å²) >= 11 is 5.70. The fourth-order valence-electron chi connectivity index (χ4n) is 1.07. The van der Waals surface area contributed by atoms with E-state index in [9.17, 15) is 13.5 Å². The average Bonchev–Trinajstić information content (AvgIpc) is 2.26. The third-order valence-electron chi connectivity index (χ3n) is 2.09. The van der Waals surface area contributed by atoms with Crippen LogP contribution in [-0.2, 0) is 10.0 Å². The van der Waals surface area contributed by atoms with E-state index in [2.05, 4.69) is 4.72 Å². The van der Waals surface area contributed by atoms with E-state index >= 15 is 0 Å². The van der Waals surface area contributed by atoms with Crippen LogP contribution < -0.4 is 4.72 Å².